The molecule has 0 radical (unpaired) electrons. The van der Waals surface area contributed by atoms with Crippen molar-refractivity contribution in [1.29, 1.82) is 0 Å². The van der Waals surface area contributed by atoms with Gasteiger partial charge in [-0.2, -0.15) is 0 Å². The number of hydrogen-bond acceptors (Lipinski definition) is 8. The Morgan fingerprint density at radius 1 is 0.518 bits per heavy atom. The van der Waals surface area contributed by atoms with Crippen LogP contribution in [0.4, 0.5) is 11.4 Å². The minimum atomic E-state index is -0.653. The van der Waals surface area contributed by atoms with E-state index >= 15 is 0 Å². The quantitative estimate of drug-likeness (QED) is 0.0337. The summed E-state index contributed by atoms with van der Waals surface area (Å²) in [6.45, 7) is 5.78. The summed E-state index contributed by atoms with van der Waals surface area (Å²) in [6, 6.07) is 31.4. The van der Waals surface area contributed by atoms with Gasteiger partial charge in [-0.3, -0.25) is 9.98 Å². The van der Waals surface area contributed by atoms with Gasteiger partial charge in [0.1, 0.15) is 11.5 Å². The van der Waals surface area contributed by atoms with Crippen LogP contribution in [0.1, 0.15) is 97.1 Å². The third-order valence-corrected chi connectivity index (χ3v) is 9.21. The first-order chi connectivity index (χ1) is 27.3. The standard InChI is InChI=1S/C46H46Cl2N2O6/c1-3-5-7-9-27-53-39-23-19-37(20-24-39)49-31-33-11-15-35(16-12-33)45(51)55-43-30-44(42(48)29-41(43)47)56-46(52)36-17-13-34(14-18-36)32-50-38-21-25-40(26-22-38)54-28-10-8-6-4-2/h11-26,29-32H,3-10,27-28H2,1-2H3/b49-31+,50-32+. The van der Waals surface area contributed by atoms with E-state index in [9.17, 15) is 9.59 Å². The molecule has 0 aliphatic rings. The maximum Gasteiger partial charge on any atom is 0.343 e. The van der Waals surface area contributed by atoms with Gasteiger partial charge in [-0.15, -0.1) is 0 Å². The summed E-state index contributed by atoms with van der Waals surface area (Å²) in [4.78, 5) is 35.1. The number of benzene rings is 5. The van der Waals surface area contributed by atoms with E-state index in [0.29, 0.717) is 13.2 Å². The minimum Gasteiger partial charge on any atom is -0.494 e. The van der Waals surface area contributed by atoms with Crippen molar-refractivity contribution in [2.45, 2.75) is 65.2 Å². The zero-order valence-electron chi connectivity index (χ0n) is 31.7. The van der Waals surface area contributed by atoms with Gasteiger partial charge in [0.2, 0.25) is 0 Å². The normalized spacial score (nSPS) is 11.2. The van der Waals surface area contributed by atoms with Crippen LogP contribution in [-0.4, -0.2) is 37.6 Å². The summed E-state index contributed by atoms with van der Waals surface area (Å²) in [5.74, 6) is 0.305. The number of unbranched alkanes of at least 4 members (excludes halogenated alkanes) is 6. The molecule has 0 unspecified atom stereocenters. The smallest absolute Gasteiger partial charge is 0.343 e. The molecule has 5 rings (SSSR count). The Bertz CT molecular complexity index is 1920. The molecule has 8 nitrogen and oxygen atoms in total. The SMILES string of the molecule is CCCCCCOc1ccc(/N=C/c2ccc(C(=O)Oc3cc(OC(=O)c4ccc(/C=N/c5ccc(OCCCCCC)cc5)cc4)c(Cl)cc3Cl)cc2)cc1. The number of carbonyl (C=O) groups is 2. The number of ether oxygens (including phenoxy) is 4. The lowest BCUT2D eigenvalue weighted by atomic mass is 10.1. The predicted octanol–water partition coefficient (Wildman–Crippen LogP) is 12.9. The molecule has 0 saturated heterocycles. The molecular formula is C46H46Cl2N2O6. The molecule has 0 N–H and O–H groups in total. The van der Waals surface area contributed by atoms with Crippen LogP contribution in [0.5, 0.6) is 23.0 Å². The molecule has 290 valence electrons. The van der Waals surface area contributed by atoms with E-state index in [1.54, 1.807) is 61.0 Å². The summed E-state index contributed by atoms with van der Waals surface area (Å²) in [7, 11) is 0. The summed E-state index contributed by atoms with van der Waals surface area (Å²) in [5, 5.41) is 0.154. The molecule has 5 aromatic rings. The first kappa shape index (κ1) is 41.7. The van der Waals surface area contributed by atoms with Crippen molar-refractivity contribution in [3.8, 4) is 23.0 Å². The van der Waals surface area contributed by atoms with E-state index in [1.807, 2.05) is 48.5 Å². The maximum atomic E-state index is 13.0. The molecule has 10 heteroatoms. The molecule has 0 bridgehead atoms. The second-order valence-corrected chi connectivity index (χ2v) is 13.9. The van der Waals surface area contributed by atoms with Gasteiger partial charge in [-0.25, -0.2) is 9.59 Å². The van der Waals surface area contributed by atoms with Gasteiger partial charge in [-0.1, -0.05) is 99.8 Å². The molecule has 0 fully saturated rings. The van der Waals surface area contributed by atoms with Gasteiger partial charge in [0.05, 0.1) is 45.8 Å². The van der Waals surface area contributed by atoms with Crippen LogP contribution >= 0.6 is 23.2 Å². The Balaban J connectivity index is 1.12. The van der Waals surface area contributed by atoms with Crippen LogP contribution in [0.3, 0.4) is 0 Å². The van der Waals surface area contributed by atoms with Crippen molar-refractivity contribution >= 4 is 58.9 Å². The van der Waals surface area contributed by atoms with Crippen LogP contribution in [0, 0.1) is 0 Å². The number of rotatable bonds is 20. The molecule has 0 aromatic heterocycles. The third kappa shape index (κ3) is 13.4. The van der Waals surface area contributed by atoms with Crippen molar-refractivity contribution < 1.29 is 28.5 Å². The van der Waals surface area contributed by atoms with Crippen LogP contribution in [0.25, 0.3) is 0 Å². The van der Waals surface area contributed by atoms with Gasteiger partial charge in [0, 0.05) is 18.5 Å². The van der Waals surface area contributed by atoms with E-state index in [-0.39, 0.29) is 32.7 Å². The van der Waals surface area contributed by atoms with E-state index in [4.69, 9.17) is 42.1 Å². The molecule has 0 aliphatic heterocycles. The van der Waals surface area contributed by atoms with E-state index in [1.165, 1.54) is 50.7 Å². The van der Waals surface area contributed by atoms with Crippen LogP contribution in [0.2, 0.25) is 10.0 Å². The van der Waals surface area contributed by atoms with Crippen LogP contribution < -0.4 is 18.9 Å². The molecule has 0 aliphatic carbocycles. The number of nitrogens with zero attached hydrogens (tertiary/aromatic N) is 2. The van der Waals surface area contributed by atoms with Crippen LogP contribution in [-0.2, 0) is 0 Å². The highest BCUT2D eigenvalue weighted by Gasteiger charge is 2.18. The number of hydrogen-bond donors (Lipinski definition) is 0. The zero-order chi connectivity index (χ0) is 39.5. The predicted molar refractivity (Wildman–Crippen MR) is 226 cm³/mol. The fourth-order valence-corrected chi connectivity index (χ4v) is 5.85. The Labute approximate surface area is 339 Å². The van der Waals surface area contributed by atoms with Crippen molar-refractivity contribution in [3.05, 3.63) is 141 Å². The van der Waals surface area contributed by atoms with Gasteiger partial charge < -0.3 is 18.9 Å². The van der Waals surface area contributed by atoms with Crippen LogP contribution in [0.15, 0.2) is 119 Å². The monoisotopic (exact) mass is 792 g/mol. The summed E-state index contributed by atoms with van der Waals surface area (Å²) >= 11 is 12.7. The topological polar surface area (TPSA) is 95.8 Å². The number of halogens is 2. The highest BCUT2D eigenvalue weighted by Crippen LogP contribution is 2.36. The number of esters is 2. The van der Waals surface area contributed by atoms with Gasteiger partial charge in [-0.05, 0) is 103 Å². The minimum absolute atomic E-state index is 0.0129. The lowest BCUT2D eigenvalue weighted by molar-refractivity contribution is 0.0733. The second-order valence-electron chi connectivity index (χ2n) is 13.1. The molecule has 0 heterocycles. The molecule has 56 heavy (non-hydrogen) atoms. The summed E-state index contributed by atoms with van der Waals surface area (Å²) in [5.41, 5.74) is 3.71. The molecule has 0 amide bonds. The molecule has 0 atom stereocenters. The zero-order valence-corrected chi connectivity index (χ0v) is 33.2. The third-order valence-electron chi connectivity index (χ3n) is 8.62. The first-order valence-electron chi connectivity index (χ1n) is 19.0. The van der Waals surface area contributed by atoms with E-state index in [2.05, 4.69) is 23.8 Å². The molecule has 0 spiro atoms. The van der Waals surface area contributed by atoms with Crippen molar-refractivity contribution in [1.82, 2.24) is 0 Å². The largest absolute Gasteiger partial charge is 0.494 e. The molecule has 0 saturated carbocycles. The summed E-state index contributed by atoms with van der Waals surface area (Å²) in [6.07, 6.45) is 12.7. The van der Waals surface area contributed by atoms with Gasteiger partial charge >= 0.3 is 11.9 Å². The van der Waals surface area contributed by atoms with Gasteiger partial charge in [0.25, 0.3) is 0 Å². The maximum absolute atomic E-state index is 13.0. The average molecular weight is 794 g/mol. The van der Waals surface area contributed by atoms with Crippen molar-refractivity contribution in [3.63, 3.8) is 0 Å². The fourth-order valence-electron chi connectivity index (χ4n) is 5.39. The number of carbonyl (C=O) groups excluding carboxylic acids is 2. The number of aliphatic imine (C=N–C) groups is 2. The van der Waals surface area contributed by atoms with E-state index in [0.717, 1.165) is 46.8 Å². The Morgan fingerprint density at radius 2 is 0.911 bits per heavy atom. The Kier molecular flexibility index (Phi) is 16.5. The fraction of sp³-hybridized carbons (Fsp3) is 0.261. The van der Waals surface area contributed by atoms with E-state index < -0.39 is 11.9 Å². The second kappa shape index (κ2) is 22.2. The van der Waals surface area contributed by atoms with Crippen molar-refractivity contribution in [2.24, 2.45) is 9.98 Å². The lowest BCUT2D eigenvalue weighted by Gasteiger charge is -2.11. The molecule has 5 aromatic carbocycles. The summed E-state index contributed by atoms with van der Waals surface area (Å²) < 4.78 is 22.7. The van der Waals surface area contributed by atoms with Crippen molar-refractivity contribution in [2.75, 3.05) is 13.2 Å². The Morgan fingerprint density at radius 3 is 1.29 bits per heavy atom. The van der Waals surface area contributed by atoms with Gasteiger partial charge in [0.15, 0.2) is 11.5 Å². The average Bonchev–Trinajstić information content (AvgIpc) is 3.22. The lowest BCUT2D eigenvalue weighted by Crippen LogP contribution is -2.11. The first-order valence-corrected chi connectivity index (χ1v) is 19.7. The molecular weight excluding hydrogens is 747 g/mol. The Hall–Kier alpha value is -5.44. The highest BCUT2D eigenvalue weighted by molar-refractivity contribution is 6.36. The highest BCUT2D eigenvalue weighted by atomic mass is 35.5.